The van der Waals surface area contributed by atoms with Crippen LogP contribution in [0.1, 0.15) is 125 Å². The van der Waals surface area contributed by atoms with Crippen LogP contribution < -0.4 is 37.2 Å². The fraction of sp³-hybridized carbons (Fsp3) is 0.895. The first-order chi connectivity index (χ1) is 53.5. The van der Waals surface area contributed by atoms with E-state index in [1.54, 1.807) is 20.8 Å². The quantitative estimate of drug-likeness (QED) is 0.0180. The normalized spacial score (nSPS) is 19.3. The number of aliphatic hydroxyl groups is 1. The standard InChI is InChI=1S/C25H48N4O6.C22H42N4O6.C19H38N4O6.C10H24N4/c1-4-33-23(30)9-17-27-15-8-16-29(19-11-25(32)35-6-3)22-21-28(14-7-12-26-13-20-27)18-10-24(31)34-5-2;1-4-30-20(27)17-24-12-8-13-26(19-22(29)32-6-3)16-15-25(18-21(28)31-5-2)11-7-9-23-10-14-24;24-17-29-16-15-23-7-1-5-20-6-12-21(10-3-18(25)26)8-2-9-22(13-14-23)11-4-19(27)28;1-3-11-7-9-13-5-2-6-14-10-8-12-4-1/h26H,4-22H2,1-3H3;23H,4-19H2,1-3H3;20,24H,1-17H2,(H,25,26)(H,27,28);11-14H,1-10H2. The van der Waals surface area contributed by atoms with Gasteiger partial charge in [0.2, 0.25) is 0 Å². The van der Waals surface area contributed by atoms with E-state index in [9.17, 15) is 38.4 Å². The number of carboxylic acid groups (broad SMARTS) is 2. The predicted octanol–water partition coefficient (Wildman–Crippen LogP) is -0.569. The minimum Gasteiger partial charge on any atom is -0.481 e. The Bertz CT molecular complexity index is 2230. The highest BCUT2D eigenvalue weighted by atomic mass is 16.6. The number of aliphatic hydroxyl groups excluding tert-OH is 1. The first-order valence-corrected chi connectivity index (χ1v) is 41.5. The lowest BCUT2D eigenvalue weighted by atomic mass is 10.2. The van der Waals surface area contributed by atoms with E-state index < -0.39 is 11.9 Å². The summed E-state index contributed by atoms with van der Waals surface area (Å²) in [4.78, 5) is 113. The number of aliphatic carboxylic acids is 2. The van der Waals surface area contributed by atoms with Gasteiger partial charge in [-0.15, -0.1) is 0 Å². The third-order valence-electron chi connectivity index (χ3n) is 18.4. The van der Waals surface area contributed by atoms with Crippen molar-refractivity contribution in [2.24, 2.45) is 0 Å². The number of nitrogens with zero attached hydrogens (tertiary/aromatic N) is 9. The third-order valence-corrected chi connectivity index (χ3v) is 18.4. The molecule has 4 heterocycles. The van der Waals surface area contributed by atoms with Gasteiger partial charge in [-0.1, -0.05) is 0 Å². The average molecular weight is 1580 g/mol. The van der Waals surface area contributed by atoms with Gasteiger partial charge in [0.25, 0.3) is 0 Å². The van der Waals surface area contributed by atoms with Crippen LogP contribution in [0, 0.1) is 0 Å². The number of esters is 6. The molecule has 4 saturated heterocycles. The number of hydrogen-bond acceptors (Lipinski definition) is 32. The second-order valence-electron chi connectivity index (χ2n) is 27.4. The molecule has 4 aliphatic rings. The Morgan fingerprint density at radius 2 is 0.482 bits per heavy atom. The molecule has 4 rings (SSSR count). The van der Waals surface area contributed by atoms with Crippen molar-refractivity contribution in [1.29, 1.82) is 0 Å². The zero-order chi connectivity index (χ0) is 80.6. The van der Waals surface area contributed by atoms with E-state index in [0.29, 0.717) is 118 Å². The maximum atomic E-state index is 12.1. The monoisotopic (exact) mass is 1580 g/mol. The summed E-state index contributed by atoms with van der Waals surface area (Å²) in [7, 11) is 0. The summed E-state index contributed by atoms with van der Waals surface area (Å²) in [5, 5.41) is 50.8. The highest BCUT2D eigenvalue weighted by Gasteiger charge is 2.21. The molecule has 0 saturated carbocycles. The van der Waals surface area contributed by atoms with E-state index in [1.165, 1.54) is 12.8 Å². The lowest BCUT2D eigenvalue weighted by molar-refractivity contribution is -0.146. The molecule has 0 aliphatic carbocycles. The summed E-state index contributed by atoms with van der Waals surface area (Å²) in [5.41, 5.74) is 0. The van der Waals surface area contributed by atoms with E-state index in [1.807, 2.05) is 20.8 Å². The van der Waals surface area contributed by atoms with Gasteiger partial charge in [0.15, 0.2) is 0 Å². The molecule has 0 amide bonds. The molecule has 4 fully saturated rings. The molecular weight excluding hydrogens is 1420 g/mol. The maximum absolute atomic E-state index is 12.1. The molecule has 0 aromatic heterocycles. The topological polar surface area (TPSA) is 375 Å². The molecule has 110 heavy (non-hydrogen) atoms. The molecule has 0 aromatic rings. The van der Waals surface area contributed by atoms with Crippen molar-refractivity contribution in [2.45, 2.75) is 125 Å². The minimum atomic E-state index is -0.799. The van der Waals surface area contributed by atoms with Gasteiger partial charge in [-0.3, -0.25) is 58.0 Å². The van der Waals surface area contributed by atoms with Crippen molar-refractivity contribution in [2.75, 3.05) is 321 Å². The number of nitrogens with one attached hydrogen (secondary N) is 7. The zero-order valence-corrected chi connectivity index (χ0v) is 68.8. The summed E-state index contributed by atoms with van der Waals surface area (Å²) >= 11 is 0. The van der Waals surface area contributed by atoms with Gasteiger partial charge in [-0.2, -0.15) is 0 Å². The lowest BCUT2D eigenvalue weighted by Crippen LogP contribution is -2.43. The Balaban J connectivity index is 0.000000759. The van der Waals surface area contributed by atoms with Crippen molar-refractivity contribution in [3.63, 3.8) is 0 Å². The molecular formula is C76H152N16O18. The molecule has 0 unspecified atom stereocenters. The zero-order valence-electron chi connectivity index (χ0n) is 68.8. The molecule has 644 valence electrons. The summed E-state index contributed by atoms with van der Waals surface area (Å²) < 4.78 is 35.7. The largest absolute Gasteiger partial charge is 0.481 e. The van der Waals surface area contributed by atoms with Gasteiger partial charge in [-0.05, 0) is 185 Å². The fourth-order valence-corrected chi connectivity index (χ4v) is 12.5. The van der Waals surface area contributed by atoms with Gasteiger partial charge < -0.3 is 110 Å². The van der Waals surface area contributed by atoms with Gasteiger partial charge >= 0.3 is 47.8 Å². The average Bonchev–Trinajstić information content (AvgIpc) is 0.942. The van der Waals surface area contributed by atoms with Crippen LogP contribution in [0.15, 0.2) is 0 Å². The van der Waals surface area contributed by atoms with Gasteiger partial charge in [-0.25, -0.2) is 0 Å². The van der Waals surface area contributed by atoms with Crippen molar-refractivity contribution in [3.8, 4) is 0 Å². The summed E-state index contributed by atoms with van der Waals surface area (Å²) in [5.74, 6) is -2.77. The van der Waals surface area contributed by atoms with Gasteiger partial charge in [0, 0.05) is 157 Å². The number of hydrogen-bond donors (Lipinski definition) is 10. The molecule has 0 spiro atoms. The molecule has 0 bridgehead atoms. The second-order valence-corrected chi connectivity index (χ2v) is 27.4. The summed E-state index contributed by atoms with van der Waals surface area (Å²) in [6, 6.07) is 0. The van der Waals surface area contributed by atoms with Crippen molar-refractivity contribution >= 4 is 47.8 Å². The Kier molecular flexibility index (Phi) is 69.5. The molecule has 0 atom stereocenters. The smallest absolute Gasteiger partial charge is 0.320 e. The van der Waals surface area contributed by atoms with E-state index in [4.69, 9.17) is 48.5 Å². The van der Waals surface area contributed by atoms with Crippen molar-refractivity contribution in [3.05, 3.63) is 0 Å². The van der Waals surface area contributed by atoms with E-state index >= 15 is 0 Å². The SMILES string of the molecule is C1CNCCNCCCNCCNC1.CCOC(=O)CCN1CCCN(CCC(=O)OCC)CCN(CCC(=O)OCC)CCCNCC1.CCOC(=O)CN1CCCN(CC(=O)OCC)CCN(CC(=O)OCC)CCCNCC1.O=C(O)CCN1CCCN(CCC(=O)O)CCN(CCOCO)CCCNCC1. The van der Waals surface area contributed by atoms with Crippen LogP contribution in [-0.2, 0) is 71.5 Å². The van der Waals surface area contributed by atoms with E-state index in [-0.39, 0.29) is 75.1 Å². The molecule has 0 radical (unpaired) electrons. The number of rotatable bonds is 31. The first kappa shape index (κ1) is 103. The first-order valence-electron chi connectivity index (χ1n) is 41.5. The summed E-state index contributed by atoms with van der Waals surface area (Å²) in [6.45, 7) is 46.0. The fourth-order valence-electron chi connectivity index (χ4n) is 12.5. The molecule has 4 aliphatic heterocycles. The van der Waals surface area contributed by atoms with Crippen LogP contribution in [0.2, 0.25) is 0 Å². The van der Waals surface area contributed by atoms with Crippen LogP contribution in [0.3, 0.4) is 0 Å². The Labute approximate surface area is 659 Å². The number of carboxylic acids is 2. The predicted molar refractivity (Wildman–Crippen MR) is 426 cm³/mol. The van der Waals surface area contributed by atoms with Crippen LogP contribution in [0.5, 0.6) is 0 Å². The minimum absolute atomic E-state index is 0.111. The molecule has 34 heteroatoms. The lowest BCUT2D eigenvalue weighted by Gasteiger charge is -2.29. The highest BCUT2D eigenvalue weighted by Crippen LogP contribution is 2.08. The van der Waals surface area contributed by atoms with Crippen LogP contribution >= 0.6 is 0 Å². The van der Waals surface area contributed by atoms with Crippen LogP contribution in [0.4, 0.5) is 0 Å². The Morgan fingerprint density at radius 1 is 0.255 bits per heavy atom. The maximum Gasteiger partial charge on any atom is 0.320 e. The number of carbonyl (C=O) groups excluding carboxylic acids is 6. The van der Waals surface area contributed by atoms with E-state index in [2.05, 4.69) is 81.3 Å². The second kappa shape index (κ2) is 74.2. The third kappa shape index (κ3) is 64.4. The number of carbonyl (C=O) groups is 8. The Hall–Kier alpha value is -4.96. The van der Waals surface area contributed by atoms with Gasteiger partial charge in [0.05, 0.1) is 98.0 Å². The molecule has 10 N–H and O–H groups in total. The van der Waals surface area contributed by atoms with E-state index in [0.717, 1.165) is 235 Å². The van der Waals surface area contributed by atoms with Gasteiger partial charge in [0.1, 0.15) is 6.79 Å². The number of ether oxygens (including phenoxy) is 7. The van der Waals surface area contributed by atoms with Crippen molar-refractivity contribution in [1.82, 2.24) is 81.3 Å². The molecule has 0 aromatic carbocycles. The van der Waals surface area contributed by atoms with Crippen molar-refractivity contribution < 1.29 is 86.8 Å². The summed E-state index contributed by atoms with van der Waals surface area (Å²) in [6.07, 6.45) is 9.29. The molecule has 34 nitrogen and oxygen atoms in total. The van der Waals surface area contributed by atoms with Crippen LogP contribution in [-0.4, -0.2) is 429 Å². The highest BCUT2D eigenvalue weighted by molar-refractivity contribution is 5.73. The Morgan fingerprint density at radius 3 is 0.791 bits per heavy atom. The van der Waals surface area contributed by atoms with Crippen LogP contribution in [0.25, 0.3) is 0 Å².